The van der Waals surface area contributed by atoms with E-state index in [0.717, 1.165) is 0 Å². The molecule has 0 aromatic rings. The molecule has 7 nitrogen and oxygen atoms in total. The molecule has 0 aliphatic rings. The molecule has 0 fully saturated rings. The van der Waals surface area contributed by atoms with Crippen LogP contribution >= 0.6 is 0 Å². The zero-order valence-electron chi connectivity index (χ0n) is 7.73. The van der Waals surface area contributed by atoms with Gasteiger partial charge in [-0.05, 0) is 6.92 Å². The predicted molar refractivity (Wildman–Crippen MR) is 46.5 cm³/mol. The highest BCUT2D eigenvalue weighted by atomic mass is 16.4. The highest BCUT2D eigenvalue weighted by Gasteiger charge is 2.23. The van der Waals surface area contributed by atoms with E-state index in [0.29, 0.717) is 0 Å². The third-order valence-electron chi connectivity index (χ3n) is 1.38. The maximum absolute atomic E-state index is 10.5. The molecule has 0 aromatic carbocycles. The molecular formula is C7H14N2O5. The van der Waals surface area contributed by atoms with Gasteiger partial charge in [-0.25, -0.2) is 0 Å². The van der Waals surface area contributed by atoms with Gasteiger partial charge in [0.25, 0.3) is 0 Å². The van der Waals surface area contributed by atoms with Crippen molar-refractivity contribution in [3.8, 4) is 0 Å². The number of aliphatic carboxylic acids is 2. The summed E-state index contributed by atoms with van der Waals surface area (Å²) in [5, 5.41) is 28.3. The van der Waals surface area contributed by atoms with Crippen LogP contribution in [0, 0.1) is 0 Å². The first-order chi connectivity index (χ1) is 6.22. The Labute approximate surface area is 80.5 Å². The normalized spacial score (nSPS) is 17.1. The Hall–Kier alpha value is -1.18. The highest BCUT2D eigenvalue weighted by molar-refractivity contribution is 5.80. The van der Waals surface area contributed by atoms with E-state index in [4.69, 9.17) is 21.1 Å². The van der Waals surface area contributed by atoms with Crippen LogP contribution in [0.4, 0.5) is 0 Å². The fourth-order valence-corrected chi connectivity index (χ4v) is 0.751. The van der Waals surface area contributed by atoms with Gasteiger partial charge in [-0.2, -0.15) is 0 Å². The Morgan fingerprint density at radius 1 is 1.50 bits per heavy atom. The standard InChI is InChI=1S/C7H14N2O5/c1-7(8,14)3-9-4(6(12)13)2-5(10)11/h4,9,14H,2-3,8H2,1H3,(H,10,11)(H,12,13)/t4?,7-/m1/s1. The van der Waals surface area contributed by atoms with Crippen molar-refractivity contribution in [3.63, 3.8) is 0 Å². The molecule has 0 rings (SSSR count). The first-order valence-electron chi connectivity index (χ1n) is 3.91. The van der Waals surface area contributed by atoms with E-state index < -0.39 is 30.1 Å². The molecule has 2 atom stereocenters. The summed E-state index contributed by atoms with van der Waals surface area (Å²) >= 11 is 0. The zero-order chi connectivity index (χ0) is 11.4. The van der Waals surface area contributed by atoms with Gasteiger partial charge < -0.3 is 21.1 Å². The minimum absolute atomic E-state index is 0.197. The number of hydrogen-bond donors (Lipinski definition) is 5. The Morgan fingerprint density at radius 3 is 2.29 bits per heavy atom. The van der Waals surface area contributed by atoms with Crippen molar-refractivity contribution in [1.29, 1.82) is 0 Å². The third kappa shape index (κ3) is 6.35. The molecule has 0 radical (unpaired) electrons. The van der Waals surface area contributed by atoms with Gasteiger partial charge >= 0.3 is 11.9 Å². The van der Waals surface area contributed by atoms with E-state index >= 15 is 0 Å². The quantitative estimate of drug-likeness (QED) is 0.323. The van der Waals surface area contributed by atoms with Gasteiger partial charge in [-0.15, -0.1) is 0 Å². The fourth-order valence-electron chi connectivity index (χ4n) is 0.751. The molecule has 0 saturated carbocycles. The molecule has 0 saturated heterocycles. The van der Waals surface area contributed by atoms with Crippen molar-refractivity contribution in [2.45, 2.75) is 25.1 Å². The lowest BCUT2D eigenvalue weighted by Crippen LogP contribution is -2.51. The number of nitrogens with two attached hydrogens (primary N) is 1. The van der Waals surface area contributed by atoms with Gasteiger partial charge in [0.15, 0.2) is 0 Å². The van der Waals surface area contributed by atoms with Gasteiger partial charge in [0.1, 0.15) is 11.8 Å². The third-order valence-corrected chi connectivity index (χ3v) is 1.38. The van der Waals surface area contributed by atoms with Crippen molar-refractivity contribution >= 4 is 11.9 Å². The van der Waals surface area contributed by atoms with E-state index in [1.54, 1.807) is 0 Å². The summed E-state index contributed by atoms with van der Waals surface area (Å²) in [6.07, 6.45) is -0.564. The Morgan fingerprint density at radius 2 is 2.00 bits per heavy atom. The average molecular weight is 206 g/mol. The molecule has 1 unspecified atom stereocenters. The molecule has 0 heterocycles. The van der Waals surface area contributed by atoms with Crippen LogP contribution in [-0.2, 0) is 9.59 Å². The SMILES string of the molecule is C[C@@](N)(O)CNC(CC(=O)O)C(=O)O. The second kappa shape index (κ2) is 4.89. The topological polar surface area (TPSA) is 133 Å². The van der Waals surface area contributed by atoms with E-state index in [-0.39, 0.29) is 6.54 Å². The maximum atomic E-state index is 10.5. The van der Waals surface area contributed by atoms with Crippen molar-refractivity contribution < 1.29 is 24.9 Å². The summed E-state index contributed by atoms with van der Waals surface area (Å²) in [6, 6.07) is -1.25. The second-order valence-electron chi connectivity index (χ2n) is 3.23. The Balaban J connectivity index is 4.11. The molecule has 82 valence electrons. The van der Waals surface area contributed by atoms with Crippen LogP contribution in [0.1, 0.15) is 13.3 Å². The number of carbonyl (C=O) groups is 2. The lowest BCUT2D eigenvalue weighted by molar-refractivity contribution is -0.146. The van der Waals surface area contributed by atoms with Crippen molar-refractivity contribution in [1.82, 2.24) is 5.32 Å². The minimum atomic E-state index is -1.56. The van der Waals surface area contributed by atoms with Crippen LogP contribution in [0.15, 0.2) is 0 Å². The molecule has 6 N–H and O–H groups in total. The van der Waals surface area contributed by atoms with Crippen LogP contribution in [0.3, 0.4) is 0 Å². The largest absolute Gasteiger partial charge is 0.481 e. The van der Waals surface area contributed by atoms with Crippen molar-refractivity contribution in [2.24, 2.45) is 5.73 Å². The molecule has 0 aliphatic carbocycles. The highest BCUT2D eigenvalue weighted by Crippen LogP contribution is 1.96. The van der Waals surface area contributed by atoms with Crippen LogP contribution in [-0.4, -0.2) is 45.6 Å². The summed E-state index contributed by atoms with van der Waals surface area (Å²) in [5.41, 5.74) is 3.60. The van der Waals surface area contributed by atoms with Gasteiger partial charge in [0.05, 0.1) is 6.42 Å². The molecule has 0 bridgehead atoms. The number of aliphatic hydroxyl groups is 1. The molecule has 0 amide bonds. The molecule has 0 aromatic heterocycles. The molecule has 7 heteroatoms. The summed E-state index contributed by atoms with van der Waals surface area (Å²) in [4.78, 5) is 20.7. The Bertz CT molecular complexity index is 223. The van der Waals surface area contributed by atoms with E-state index in [9.17, 15) is 9.59 Å². The number of carboxylic acids is 2. The second-order valence-corrected chi connectivity index (χ2v) is 3.23. The number of carboxylic acid groups (broad SMARTS) is 2. The number of rotatable bonds is 6. The predicted octanol–water partition coefficient (Wildman–Crippen LogP) is -1.83. The fraction of sp³-hybridized carbons (Fsp3) is 0.714. The van der Waals surface area contributed by atoms with Gasteiger partial charge in [-0.3, -0.25) is 14.9 Å². The van der Waals surface area contributed by atoms with Crippen molar-refractivity contribution in [2.75, 3.05) is 6.54 Å². The lowest BCUT2D eigenvalue weighted by atomic mass is 10.2. The van der Waals surface area contributed by atoms with E-state index in [1.807, 2.05) is 0 Å². The monoisotopic (exact) mass is 206 g/mol. The van der Waals surface area contributed by atoms with E-state index in [1.165, 1.54) is 6.92 Å². The first kappa shape index (κ1) is 12.8. The molecule has 14 heavy (non-hydrogen) atoms. The molecular weight excluding hydrogens is 192 g/mol. The summed E-state index contributed by atoms with van der Waals surface area (Å²) in [5.74, 6) is -2.53. The van der Waals surface area contributed by atoms with Crippen LogP contribution < -0.4 is 11.1 Å². The van der Waals surface area contributed by atoms with Gasteiger partial charge in [0.2, 0.25) is 0 Å². The average Bonchev–Trinajstić information content (AvgIpc) is 1.94. The van der Waals surface area contributed by atoms with E-state index in [2.05, 4.69) is 5.32 Å². The van der Waals surface area contributed by atoms with Crippen LogP contribution in [0.2, 0.25) is 0 Å². The summed E-state index contributed by atoms with van der Waals surface area (Å²) in [6.45, 7) is 1.08. The number of hydrogen-bond acceptors (Lipinski definition) is 5. The minimum Gasteiger partial charge on any atom is -0.481 e. The van der Waals surface area contributed by atoms with Gasteiger partial charge in [0, 0.05) is 6.54 Å². The first-order valence-corrected chi connectivity index (χ1v) is 3.91. The Kier molecular flexibility index (Phi) is 4.48. The summed E-state index contributed by atoms with van der Waals surface area (Å²) in [7, 11) is 0. The molecule has 0 aliphatic heterocycles. The molecule has 0 spiro atoms. The smallest absolute Gasteiger partial charge is 0.321 e. The lowest BCUT2D eigenvalue weighted by Gasteiger charge is -2.20. The maximum Gasteiger partial charge on any atom is 0.321 e. The summed E-state index contributed by atoms with van der Waals surface area (Å²) < 4.78 is 0. The van der Waals surface area contributed by atoms with Gasteiger partial charge in [-0.1, -0.05) is 0 Å². The zero-order valence-corrected chi connectivity index (χ0v) is 7.73. The number of nitrogens with one attached hydrogen (secondary N) is 1. The van der Waals surface area contributed by atoms with Crippen LogP contribution in [0.5, 0.6) is 0 Å². The van der Waals surface area contributed by atoms with Crippen LogP contribution in [0.25, 0.3) is 0 Å². The van der Waals surface area contributed by atoms with Crippen molar-refractivity contribution in [3.05, 3.63) is 0 Å².